The van der Waals surface area contributed by atoms with Crippen molar-refractivity contribution in [1.29, 1.82) is 0 Å². The van der Waals surface area contributed by atoms with E-state index in [4.69, 9.17) is 21.1 Å². The topological polar surface area (TPSA) is 68.3 Å². The highest BCUT2D eigenvalue weighted by molar-refractivity contribution is 6.32. The van der Waals surface area contributed by atoms with E-state index in [-0.39, 0.29) is 10.7 Å². The lowest BCUT2D eigenvalue weighted by atomic mass is 9.91. The quantitative estimate of drug-likeness (QED) is 0.578. The molecule has 31 heavy (non-hydrogen) atoms. The molecule has 2 saturated heterocycles. The van der Waals surface area contributed by atoms with Crippen molar-refractivity contribution in [2.75, 3.05) is 38.2 Å². The second-order valence-corrected chi connectivity index (χ2v) is 8.50. The van der Waals surface area contributed by atoms with Gasteiger partial charge >= 0.3 is 0 Å². The van der Waals surface area contributed by atoms with E-state index in [2.05, 4.69) is 32.7 Å². The SMILES string of the molecule is Fc1c(Nc2ncnc3ccc(C4CCCNC4)cc23)ccc(OCC2COC2)c1Cl. The molecule has 1 unspecified atom stereocenters. The van der Waals surface area contributed by atoms with Gasteiger partial charge in [0.15, 0.2) is 5.82 Å². The fourth-order valence-corrected chi connectivity index (χ4v) is 4.24. The molecule has 2 fully saturated rings. The zero-order valence-electron chi connectivity index (χ0n) is 17.0. The number of aromatic nitrogens is 2. The van der Waals surface area contributed by atoms with Crippen LogP contribution in [0.4, 0.5) is 15.9 Å². The molecule has 1 atom stereocenters. The van der Waals surface area contributed by atoms with Crippen molar-refractivity contribution in [3.63, 3.8) is 0 Å². The van der Waals surface area contributed by atoms with Gasteiger partial charge in [-0.3, -0.25) is 0 Å². The number of halogens is 2. The minimum Gasteiger partial charge on any atom is -0.491 e. The number of piperidine rings is 1. The first-order chi connectivity index (χ1) is 15.2. The van der Waals surface area contributed by atoms with Crippen LogP contribution in [0.5, 0.6) is 5.75 Å². The molecule has 2 aromatic carbocycles. The van der Waals surface area contributed by atoms with Gasteiger partial charge in [-0.25, -0.2) is 14.4 Å². The van der Waals surface area contributed by atoms with Gasteiger partial charge in [0.25, 0.3) is 0 Å². The Hall–Kier alpha value is -2.48. The van der Waals surface area contributed by atoms with E-state index in [1.54, 1.807) is 12.1 Å². The fraction of sp³-hybridized carbons (Fsp3) is 0.391. The second-order valence-electron chi connectivity index (χ2n) is 8.12. The Kier molecular flexibility index (Phi) is 5.89. The van der Waals surface area contributed by atoms with Crippen LogP contribution in [0.2, 0.25) is 5.02 Å². The number of anilines is 2. The monoisotopic (exact) mass is 442 g/mol. The second kappa shape index (κ2) is 8.94. The summed E-state index contributed by atoms with van der Waals surface area (Å²) in [5.74, 6) is 1.10. The molecule has 8 heteroatoms. The normalized spacial score (nSPS) is 19.2. The summed E-state index contributed by atoms with van der Waals surface area (Å²) in [4.78, 5) is 8.73. The Morgan fingerprint density at radius 1 is 1.23 bits per heavy atom. The molecular weight excluding hydrogens is 419 g/mol. The van der Waals surface area contributed by atoms with Crippen LogP contribution in [0.1, 0.15) is 24.3 Å². The lowest BCUT2D eigenvalue weighted by Crippen LogP contribution is -2.32. The summed E-state index contributed by atoms with van der Waals surface area (Å²) in [5.41, 5.74) is 2.29. The van der Waals surface area contributed by atoms with Crippen LogP contribution in [0, 0.1) is 11.7 Å². The van der Waals surface area contributed by atoms with E-state index in [9.17, 15) is 4.39 Å². The Morgan fingerprint density at radius 2 is 2.13 bits per heavy atom. The first kappa shape index (κ1) is 20.4. The highest BCUT2D eigenvalue weighted by atomic mass is 35.5. The molecule has 3 aromatic rings. The molecule has 0 aliphatic carbocycles. The summed E-state index contributed by atoms with van der Waals surface area (Å²) in [5, 5.41) is 7.36. The maximum Gasteiger partial charge on any atom is 0.169 e. The van der Waals surface area contributed by atoms with Gasteiger partial charge in [0, 0.05) is 17.8 Å². The zero-order valence-corrected chi connectivity index (χ0v) is 17.8. The molecule has 0 bridgehead atoms. The molecule has 2 aliphatic rings. The van der Waals surface area contributed by atoms with E-state index in [1.165, 1.54) is 11.9 Å². The summed E-state index contributed by atoms with van der Waals surface area (Å²) in [6.07, 6.45) is 3.78. The van der Waals surface area contributed by atoms with Gasteiger partial charge in [0.2, 0.25) is 0 Å². The minimum absolute atomic E-state index is 0.0439. The highest BCUT2D eigenvalue weighted by Crippen LogP contribution is 2.35. The molecular formula is C23H24ClFN4O2. The van der Waals surface area contributed by atoms with Gasteiger partial charge in [0.1, 0.15) is 22.9 Å². The highest BCUT2D eigenvalue weighted by Gasteiger charge is 2.21. The van der Waals surface area contributed by atoms with Gasteiger partial charge in [-0.2, -0.15) is 0 Å². The van der Waals surface area contributed by atoms with Gasteiger partial charge in [-0.05, 0) is 55.1 Å². The number of benzene rings is 2. The molecule has 0 spiro atoms. The van der Waals surface area contributed by atoms with Crippen molar-refractivity contribution < 1.29 is 13.9 Å². The average Bonchev–Trinajstić information content (AvgIpc) is 2.78. The van der Waals surface area contributed by atoms with Crippen molar-refractivity contribution in [3.05, 3.63) is 53.1 Å². The summed E-state index contributed by atoms with van der Waals surface area (Å²) in [6, 6.07) is 9.52. The van der Waals surface area contributed by atoms with E-state index in [1.807, 2.05) is 6.07 Å². The maximum absolute atomic E-state index is 15.0. The minimum atomic E-state index is -0.566. The first-order valence-corrected chi connectivity index (χ1v) is 11.0. The van der Waals surface area contributed by atoms with Gasteiger partial charge < -0.3 is 20.1 Å². The summed E-state index contributed by atoms with van der Waals surface area (Å²) >= 11 is 6.24. The van der Waals surface area contributed by atoms with Crippen molar-refractivity contribution in [2.24, 2.45) is 5.92 Å². The van der Waals surface area contributed by atoms with Crippen molar-refractivity contribution in [3.8, 4) is 5.75 Å². The Balaban J connectivity index is 1.40. The zero-order chi connectivity index (χ0) is 21.2. The smallest absolute Gasteiger partial charge is 0.169 e. The lowest BCUT2D eigenvalue weighted by molar-refractivity contribution is -0.0508. The molecule has 2 N–H and O–H groups in total. The molecule has 6 nitrogen and oxygen atoms in total. The van der Waals surface area contributed by atoms with Crippen LogP contribution in [0.25, 0.3) is 10.9 Å². The van der Waals surface area contributed by atoms with E-state index < -0.39 is 5.82 Å². The van der Waals surface area contributed by atoms with Crippen LogP contribution in [0.3, 0.4) is 0 Å². The van der Waals surface area contributed by atoms with Gasteiger partial charge in [-0.1, -0.05) is 17.7 Å². The van der Waals surface area contributed by atoms with Crippen LogP contribution in [-0.2, 0) is 4.74 Å². The largest absolute Gasteiger partial charge is 0.491 e. The molecule has 0 radical (unpaired) electrons. The molecule has 0 saturated carbocycles. The van der Waals surface area contributed by atoms with E-state index in [0.717, 1.165) is 36.8 Å². The third-order valence-corrected chi connectivity index (χ3v) is 6.26. The maximum atomic E-state index is 15.0. The summed E-state index contributed by atoms with van der Waals surface area (Å²) in [7, 11) is 0. The Labute approximate surface area is 185 Å². The summed E-state index contributed by atoms with van der Waals surface area (Å²) in [6.45, 7) is 3.81. The van der Waals surface area contributed by atoms with Crippen LogP contribution in [-0.4, -0.2) is 42.9 Å². The lowest BCUT2D eigenvalue weighted by Gasteiger charge is -2.26. The van der Waals surface area contributed by atoms with Crippen LogP contribution < -0.4 is 15.4 Å². The van der Waals surface area contributed by atoms with Gasteiger partial charge in [-0.15, -0.1) is 0 Å². The number of hydrogen-bond acceptors (Lipinski definition) is 6. The predicted octanol–water partition coefficient (Wildman–Crippen LogP) is 4.66. The van der Waals surface area contributed by atoms with Crippen molar-refractivity contribution in [2.45, 2.75) is 18.8 Å². The predicted molar refractivity (Wildman–Crippen MR) is 119 cm³/mol. The van der Waals surface area contributed by atoms with Gasteiger partial charge in [0.05, 0.1) is 31.0 Å². The fourth-order valence-electron chi connectivity index (χ4n) is 4.02. The molecule has 0 amide bonds. The Bertz CT molecular complexity index is 1090. The van der Waals surface area contributed by atoms with Crippen molar-refractivity contribution >= 4 is 34.0 Å². The molecule has 2 aliphatic heterocycles. The number of fused-ring (bicyclic) bond motifs is 1. The van der Waals surface area contributed by atoms with Crippen LogP contribution >= 0.6 is 11.6 Å². The number of nitrogens with one attached hydrogen (secondary N) is 2. The number of hydrogen-bond donors (Lipinski definition) is 2. The van der Waals surface area contributed by atoms with E-state index in [0.29, 0.717) is 43.2 Å². The third-order valence-electron chi connectivity index (χ3n) is 5.91. The number of nitrogens with zero attached hydrogens (tertiary/aromatic N) is 2. The number of ether oxygens (including phenoxy) is 2. The molecule has 5 rings (SSSR count). The molecule has 1 aromatic heterocycles. The third kappa shape index (κ3) is 4.31. The standard InChI is InChI=1S/C23H24ClFN4O2/c24-21-20(31-12-14-10-30-11-14)6-5-19(22(21)25)29-23-17-8-15(16-2-1-7-26-9-16)3-4-18(17)27-13-28-23/h3-6,8,13-14,16,26H,1-2,7,9-12H2,(H,27,28,29). The first-order valence-electron chi connectivity index (χ1n) is 10.6. The van der Waals surface area contributed by atoms with Crippen molar-refractivity contribution in [1.82, 2.24) is 15.3 Å². The number of rotatable bonds is 6. The van der Waals surface area contributed by atoms with Crippen LogP contribution in [0.15, 0.2) is 36.7 Å². The average molecular weight is 443 g/mol. The molecule has 162 valence electrons. The Morgan fingerprint density at radius 3 is 2.90 bits per heavy atom. The summed E-state index contributed by atoms with van der Waals surface area (Å²) < 4.78 is 25.8. The molecule has 3 heterocycles. The van der Waals surface area contributed by atoms with E-state index >= 15 is 0 Å².